The van der Waals surface area contributed by atoms with E-state index < -0.39 is 47.7 Å². The molecule has 176 valence electrons. The van der Waals surface area contributed by atoms with Crippen LogP contribution in [0.25, 0.3) is 0 Å². The summed E-state index contributed by atoms with van der Waals surface area (Å²) in [4.78, 5) is 10.5. The molecule has 3 unspecified atom stereocenters. The number of rotatable bonds is 17. The second-order valence-corrected chi connectivity index (χ2v) is 7.77. The number of hydrogen-bond donors (Lipinski definition) is 5. The monoisotopic (exact) mass is 468 g/mol. The van der Waals surface area contributed by atoms with Gasteiger partial charge in [0.15, 0.2) is 5.78 Å². The molecule has 0 aliphatic heterocycles. The van der Waals surface area contributed by atoms with Crippen molar-refractivity contribution in [2.45, 2.75) is 89.4 Å². The van der Waals surface area contributed by atoms with E-state index in [0.717, 1.165) is 12.8 Å². The van der Waals surface area contributed by atoms with Crippen LogP contribution in [-0.4, -0.2) is 82.4 Å². The Morgan fingerprint density at radius 1 is 0.900 bits per heavy atom. The molecule has 0 saturated heterocycles. The Morgan fingerprint density at radius 3 is 1.70 bits per heavy atom. The van der Waals surface area contributed by atoms with Gasteiger partial charge in [0.05, 0.1) is 13.2 Å². The van der Waals surface area contributed by atoms with Gasteiger partial charge in [-0.2, -0.15) is 0 Å². The second kappa shape index (κ2) is 22.5. The number of ketones is 1. The normalized spacial score (nSPS) is 14.1. The molecule has 12 heteroatoms. The van der Waals surface area contributed by atoms with E-state index >= 15 is 0 Å². The molecule has 10 nitrogen and oxygen atoms in total. The summed E-state index contributed by atoms with van der Waals surface area (Å²) in [5, 5.41) is 43.1. The molecule has 0 aliphatic carbocycles. The zero-order valence-electron chi connectivity index (χ0n) is 18.1. The Hall–Kier alpha value is 0.340. The van der Waals surface area contributed by atoms with E-state index in [-0.39, 0.29) is 36.2 Å². The molecule has 0 radical (unpaired) electrons. The van der Waals surface area contributed by atoms with Crippen LogP contribution in [0.2, 0.25) is 0 Å². The summed E-state index contributed by atoms with van der Waals surface area (Å²) in [5.41, 5.74) is 0. The van der Waals surface area contributed by atoms with E-state index in [1.54, 1.807) is 0 Å². The van der Waals surface area contributed by atoms with Gasteiger partial charge in [-0.15, -0.1) is 0 Å². The minimum absolute atomic E-state index is 0. The zero-order chi connectivity index (χ0) is 22.7. The first-order valence-electron chi connectivity index (χ1n) is 9.99. The molecule has 0 aliphatic rings. The maximum Gasteiger partial charge on any atom is 1.00 e. The maximum atomic E-state index is 10.5. The number of hydrogen-bond acceptors (Lipinski definition) is 10. The van der Waals surface area contributed by atoms with Crippen molar-refractivity contribution in [2.24, 2.45) is 0 Å². The van der Waals surface area contributed by atoms with Crippen molar-refractivity contribution in [2.75, 3.05) is 19.8 Å². The molecule has 0 amide bonds. The topological polar surface area (TPSA) is 185 Å². The molecule has 0 spiro atoms. The van der Waals surface area contributed by atoms with E-state index in [9.17, 15) is 17.8 Å². The predicted molar refractivity (Wildman–Crippen MR) is 105 cm³/mol. The third kappa shape index (κ3) is 23.0. The van der Waals surface area contributed by atoms with Gasteiger partial charge in [0, 0.05) is 0 Å². The van der Waals surface area contributed by atoms with Crippen LogP contribution in [0.3, 0.4) is 0 Å². The van der Waals surface area contributed by atoms with E-state index in [2.05, 4.69) is 11.1 Å². The smallest absolute Gasteiger partial charge is 0.726 e. The Kier molecular flexibility index (Phi) is 26.2. The van der Waals surface area contributed by atoms with Crippen molar-refractivity contribution in [3.8, 4) is 0 Å². The van der Waals surface area contributed by atoms with Gasteiger partial charge >= 0.3 is 29.6 Å². The molecule has 0 bridgehead atoms. The van der Waals surface area contributed by atoms with Crippen LogP contribution in [0.5, 0.6) is 0 Å². The molecule has 0 aromatic rings. The first-order valence-corrected chi connectivity index (χ1v) is 11.3. The average Bonchev–Trinajstić information content (AvgIpc) is 2.69. The number of unbranched alkanes of at least 4 members (excludes halogenated alkanes) is 9. The first-order chi connectivity index (χ1) is 13.6. The predicted octanol–water partition coefficient (Wildman–Crippen LogP) is -2.99. The molecule has 0 aromatic heterocycles. The van der Waals surface area contributed by atoms with E-state index in [1.165, 1.54) is 44.9 Å². The van der Waals surface area contributed by atoms with Crippen molar-refractivity contribution in [3.63, 3.8) is 0 Å². The van der Waals surface area contributed by atoms with Crippen LogP contribution >= 0.6 is 0 Å². The van der Waals surface area contributed by atoms with Gasteiger partial charge < -0.3 is 30.1 Å². The first kappa shape index (κ1) is 34.9. The Bertz CT molecular complexity index is 489. The molecule has 30 heavy (non-hydrogen) atoms. The van der Waals surface area contributed by atoms with Gasteiger partial charge in [-0.25, -0.2) is 8.42 Å². The Balaban J connectivity index is -0.000000497. The van der Waals surface area contributed by atoms with Crippen LogP contribution < -0.4 is 29.6 Å². The minimum Gasteiger partial charge on any atom is -0.726 e. The number of aliphatic hydroxyl groups is 5. The molecule has 0 heterocycles. The fourth-order valence-corrected chi connectivity index (χ4v) is 2.67. The number of carbonyl (C=O) groups excluding carboxylic acids is 1. The molecule has 0 saturated carbocycles. The third-order valence-corrected chi connectivity index (χ3v) is 4.57. The van der Waals surface area contributed by atoms with Gasteiger partial charge in [0.25, 0.3) is 0 Å². The Labute approximate surface area is 201 Å². The fourth-order valence-electron chi connectivity index (χ4n) is 2.35. The Morgan fingerprint density at radius 2 is 1.33 bits per heavy atom. The van der Waals surface area contributed by atoms with Crippen molar-refractivity contribution in [1.29, 1.82) is 0 Å². The van der Waals surface area contributed by atoms with Crippen LogP contribution in [0.4, 0.5) is 0 Å². The second-order valence-electron chi connectivity index (χ2n) is 6.72. The average molecular weight is 469 g/mol. The summed E-state index contributed by atoms with van der Waals surface area (Å²) in [6.07, 6.45) is 6.48. The van der Waals surface area contributed by atoms with Gasteiger partial charge in [-0.1, -0.05) is 64.7 Å². The summed E-state index contributed by atoms with van der Waals surface area (Å²) in [6, 6.07) is 0. The fraction of sp³-hybridized carbons (Fsp3) is 0.944. The van der Waals surface area contributed by atoms with Crippen LogP contribution in [0, 0.1) is 0 Å². The van der Waals surface area contributed by atoms with Crippen molar-refractivity contribution in [1.82, 2.24) is 0 Å². The summed E-state index contributed by atoms with van der Waals surface area (Å²) in [7, 11) is -4.48. The molecular weight excluding hydrogens is 431 g/mol. The minimum atomic E-state index is -4.48. The van der Waals surface area contributed by atoms with Crippen molar-refractivity contribution in [3.05, 3.63) is 0 Å². The summed E-state index contributed by atoms with van der Waals surface area (Å²) in [6.45, 7) is 0.555. The van der Waals surface area contributed by atoms with Crippen molar-refractivity contribution >= 4 is 16.2 Å². The number of aliphatic hydroxyl groups excluding tert-OH is 5. The van der Waals surface area contributed by atoms with Crippen LogP contribution in [0.1, 0.15) is 71.1 Å². The summed E-state index contributed by atoms with van der Waals surface area (Å²) < 4.78 is 34.5. The standard InChI is InChI=1S/C12H26O4S.C6H12O6.Na/c1-2-3-4-5-6-7-8-9-10-11-12-16-17(13,14)15;7-1-3(9)5(11)6(12)4(10)2-8;/h2-12H2,1H3,(H,13,14,15);3,5-9,11-12H,1-2H2;/q;;+1/p-1. The maximum absolute atomic E-state index is 10.5. The SMILES string of the molecule is CCCCCCCCCCCCOS(=O)(=O)[O-].O=C(CO)C(O)C(O)C(O)CO.[Na+]. The summed E-state index contributed by atoms with van der Waals surface area (Å²) >= 11 is 0. The molecule has 3 atom stereocenters. The van der Waals surface area contributed by atoms with E-state index in [4.69, 9.17) is 25.5 Å². The zero-order valence-corrected chi connectivity index (χ0v) is 20.9. The largest absolute Gasteiger partial charge is 1.00 e. The molecule has 0 fully saturated rings. The van der Waals surface area contributed by atoms with Crippen molar-refractivity contribution < 1.29 is 77.0 Å². The van der Waals surface area contributed by atoms with Crippen LogP contribution in [-0.2, 0) is 19.4 Å². The molecule has 0 aromatic carbocycles. The van der Waals surface area contributed by atoms with Gasteiger partial charge in [-0.05, 0) is 6.42 Å². The number of Topliss-reactive ketones (excluding diaryl/α,β-unsaturated/α-hetero) is 1. The quantitative estimate of drug-likeness (QED) is 0.0638. The van der Waals surface area contributed by atoms with Gasteiger partial charge in [0.1, 0.15) is 24.9 Å². The molecule has 5 N–H and O–H groups in total. The van der Waals surface area contributed by atoms with Crippen LogP contribution in [0.15, 0.2) is 0 Å². The molecule has 0 rings (SSSR count). The number of carbonyl (C=O) groups is 1. The van der Waals surface area contributed by atoms with E-state index in [0.29, 0.717) is 6.42 Å². The summed E-state index contributed by atoms with van der Waals surface area (Å²) in [5.74, 6) is -1.00. The van der Waals surface area contributed by atoms with E-state index in [1.807, 2.05) is 0 Å². The van der Waals surface area contributed by atoms with Gasteiger partial charge in [-0.3, -0.25) is 8.98 Å². The van der Waals surface area contributed by atoms with Gasteiger partial charge in [0.2, 0.25) is 10.4 Å². The third-order valence-electron chi connectivity index (χ3n) is 4.12. The molecular formula is C18H37NaO10S.